The number of nitro groups is 1. The Balaban J connectivity index is 1.77. The van der Waals surface area contributed by atoms with Crippen LogP contribution < -0.4 is 5.32 Å². The van der Waals surface area contributed by atoms with Gasteiger partial charge in [-0.3, -0.25) is 15.0 Å². The molecule has 1 aliphatic heterocycles. The van der Waals surface area contributed by atoms with Gasteiger partial charge in [0.25, 0.3) is 0 Å². The van der Waals surface area contributed by atoms with E-state index in [0.717, 1.165) is 37.7 Å². The van der Waals surface area contributed by atoms with E-state index in [2.05, 4.69) is 10.2 Å². The topological polar surface area (TPSA) is 58.4 Å². The van der Waals surface area contributed by atoms with Gasteiger partial charge in [-0.2, -0.15) is 0 Å². The zero-order chi connectivity index (χ0) is 13.7. The summed E-state index contributed by atoms with van der Waals surface area (Å²) >= 11 is 1.22. The van der Waals surface area contributed by atoms with Crippen molar-refractivity contribution in [2.45, 2.75) is 25.8 Å². The molecule has 0 saturated carbocycles. The highest BCUT2D eigenvalue weighted by Crippen LogP contribution is 2.26. The molecule has 106 valence electrons. The average Bonchev–Trinajstić information content (AvgIpc) is 2.87. The van der Waals surface area contributed by atoms with Gasteiger partial charge >= 0.3 is 5.00 Å². The fourth-order valence-corrected chi connectivity index (χ4v) is 3.30. The van der Waals surface area contributed by atoms with Gasteiger partial charge in [0, 0.05) is 18.0 Å². The predicted molar refractivity (Wildman–Crippen MR) is 77.5 cm³/mol. The molecule has 1 aromatic rings. The molecule has 2 rings (SSSR count). The van der Waals surface area contributed by atoms with Gasteiger partial charge in [0.2, 0.25) is 0 Å². The Morgan fingerprint density at radius 3 is 2.84 bits per heavy atom. The molecule has 1 aliphatic rings. The minimum atomic E-state index is -0.307. The fraction of sp³-hybridized carbons (Fsp3) is 0.692. The first-order valence-corrected chi connectivity index (χ1v) is 7.65. The predicted octanol–water partition coefficient (Wildman–Crippen LogP) is 2.48. The number of nitrogens with one attached hydrogen (secondary N) is 1. The molecule has 1 aromatic heterocycles. The van der Waals surface area contributed by atoms with Gasteiger partial charge in [0.05, 0.1) is 4.92 Å². The van der Waals surface area contributed by atoms with Crippen molar-refractivity contribution in [3.8, 4) is 0 Å². The molecule has 0 atom stereocenters. The number of thiophene rings is 1. The Kier molecular flexibility index (Phi) is 5.30. The van der Waals surface area contributed by atoms with Crippen LogP contribution in [0.5, 0.6) is 0 Å². The molecule has 5 nitrogen and oxygen atoms in total. The van der Waals surface area contributed by atoms with Crippen molar-refractivity contribution in [1.29, 1.82) is 0 Å². The Morgan fingerprint density at radius 2 is 2.26 bits per heavy atom. The lowest BCUT2D eigenvalue weighted by atomic mass is 9.93. The Labute approximate surface area is 117 Å². The molecule has 0 bridgehead atoms. The first kappa shape index (κ1) is 14.4. The number of hydrogen-bond donors (Lipinski definition) is 1. The van der Waals surface area contributed by atoms with Crippen LogP contribution in [0, 0.1) is 16.0 Å². The standard InChI is InChI=1S/C13H21N3O2S/c1-14-5-2-11-3-6-15(7-4-11)9-12-8-13(16(17)18)19-10-12/h8,10-11,14H,2-7,9H2,1H3. The van der Waals surface area contributed by atoms with E-state index in [9.17, 15) is 10.1 Å². The average molecular weight is 283 g/mol. The summed E-state index contributed by atoms with van der Waals surface area (Å²) in [5, 5.41) is 16.0. The third-order valence-corrected chi connectivity index (χ3v) is 4.66. The number of likely N-dealkylation sites (tertiary alicyclic amines) is 1. The van der Waals surface area contributed by atoms with Crippen LogP contribution in [-0.4, -0.2) is 36.5 Å². The van der Waals surface area contributed by atoms with E-state index in [1.807, 2.05) is 12.4 Å². The summed E-state index contributed by atoms with van der Waals surface area (Å²) < 4.78 is 0. The van der Waals surface area contributed by atoms with Crippen LogP contribution in [0.1, 0.15) is 24.8 Å². The molecule has 1 N–H and O–H groups in total. The van der Waals surface area contributed by atoms with Crippen molar-refractivity contribution in [3.63, 3.8) is 0 Å². The molecule has 0 radical (unpaired) electrons. The smallest absolute Gasteiger partial charge is 0.320 e. The number of rotatable bonds is 6. The third-order valence-electron chi connectivity index (χ3n) is 3.74. The SMILES string of the molecule is CNCCC1CCN(Cc2csc([N+](=O)[O-])c2)CC1. The molecule has 1 saturated heterocycles. The van der Waals surface area contributed by atoms with Crippen LogP contribution >= 0.6 is 11.3 Å². The van der Waals surface area contributed by atoms with Crippen LogP contribution in [0.3, 0.4) is 0 Å². The molecule has 0 amide bonds. The second-order valence-electron chi connectivity index (χ2n) is 5.16. The summed E-state index contributed by atoms with van der Waals surface area (Å²) in [7, 11) is 2.00. The lowest BCUT2D eigenvalue weighted by molar-refractivity contribution is -0.380. The van der Waals surface area contributed by atoms with Crippen LogP contribution in [-0.2, 0) is 6.54 Å². The lowest BCUT2D eigenvalue weighted by Crippen LogP contribution is -2.33. The number of piperidine rings is 1. The lowest BCUT2D eigenvalue weighted by Gasteiger charge is -2.31. The first-order chi connectivity index (χ1) is 9.19. The van der Waals surface area contributed by atoms with Gasteiger partial charge < -0.3 is 5.32 Å². The summed E-state index contributed by atoms with van der Waals surface area (Å²) in [6.45, 7) is 4.17. The van der Waals surface area contributed by atoms with E-state index >= 15 is 0 Å². The molecule has 0 aromatic carbocycles. The minimum absolute atomic E-state index is 0.249. The molecular formula is C13H21N3O2S. The van der Waals surface area contributed by atoms with E-state index in [-0.39, 0.29) is 9.92 Å². The molecule has 0 spiro atoms. The summed E-state index contributed by atoms with van der Waals surface area (Å²) in [6, 6.07) is 1.71. The van der Waals surface area contributed by atoms with Crippen molar-refractivity contribution in [1.82, 2.24) is 10.2 Å². The third kappa shape index (κ3) is 4.26. The largest absolute Gasteiger partial charge is 0.324 e. The summed E-state index contributed by atoms with van der Waals surface area (Å²) in [6.07, 6.45) is 3.75. The van der Waals surface area contributed by atoms with Crippen molar-refractivity contribution in [2.24, 2.45) is 5.92 Å². The second kappa shape index (κ2) is 6.98. The molecular weight excluding hydrogens is 262 g/mol. The van der Waals surface area contributed by atoms with Gasteiger partial charge in [-0.05, 0) is 57.4 Å². The highest BCUT2D eigenvalue weighted by atomic mass is 32.1. The maximum Gasteiger partial charge on any atom is 0.324 e. The minimum Gasteiger partial charge on any atom is -0.320 e. The zero-order valence-electron chi connectivity index (χ0n) is 11.3. The van der Waals surface area contributed by atoms with E-state index in [1.165, 1.54) is 30.6 Å². The molecule has 19 heavy (non-hydrogen) atoms. The van der Waals surface area contributed by atoms with Gasteiger partial charge in [-0.25, -0.2) is 0 Å². The quantitative estimate of drug-likeness (QED) is 0.643. The van der Waals surface area contributed by atoms with Gasteiger partial charge in [-0.15, -0.1) is 0 Å². The van der Waals surface area contributed by atoms with Gasteiger partial charge in [0.15, 0.2) is 0 Å². The highest BCUT2D eigenvalue weighted by molar-refractivity contribution is 7.13. The zero-order valence-corrected chi connectivity index (χ0v) is 12.1. The Hall–Kier alpha value is -0.980. The van der Waals surface area contributed by atoms with Crippen molar-refractivity contribution < 1.29 is 4.92 Å². The second-order valence-corrected chi connectivity index (χ2v) is 6.05. The van der Waals surface area contributed by atoms with Crippen molar-refractivity contribution in [3.05, 3.63) is 27.1 Å². The number of hydrogen-bond acceptors (Lipinski definition) is 5. The van der Waals surface area contributed by atoms with Crippen LogP contribution in [0.4, 0.5) is 5.00 Å². The van der Waals surface area contributed by atoms with Gasteiger partial charge in [-0.1, -0.05) is 11.3 Å². The highest BCUT2D eigenvalue weighted by Gasteiger charge is 2.19. The molecule has 6 heteroatoms. The number of nitrogens with zero attached hydrogens (tertiary/aromatic N) is 2. The molecule has 1 fully saturated rings. The normalized spacial score (nSPS) is 17.7. The monoisotopic (exact) mass is 283 g/mol. The fourth-order valence-electron chi connectivity index (χ4n) is 2.58. The van der Waals surface area contributed by atoms with Crippen molar-refractivity contribution >= 4 is 16.3 Å². The summed E-state index contributed by atoms with van der Waals surface area (Å²) in [5.74, 6) is 0.834. The van der Waals surface area contributed by atoms with Gasteiger partial charge in [0.1, 0.15) is 0 Å². The van der Waals surface area contributed by atoms with E-state index in [0.29, 0.717) is 0 Å². The Bertz CT molecular complexity index is 414. The van der Waals surface area contributed by atoms with Crippen LogP contribution in [0.2, 0.25) is 0 Å². The summed E-state index contributed by atoms with van der Waals surface area (Å²) in [5.41, 5.74) is 1.07. The Morgan fingerprint density at radius 1 is 1.53 bits per heavy atom. The molecule has 2 heterocycles. The maximum absolute atomic E-state index is 10.6. The van der Waals surface area contributed by atoms with Crippen LogP contribution in [0.25, 0.3) is 0 Å². The summed E-state index contributed by atoms with van der Waals surface area (Å²) in [4.78, 5) is 12.7. The maximum atomic E-state index is 10.6. The molecule has 0 unspecified atom stereocenters. The van der Waals surface area contributed by atoms with Crippen LogP contribution in [0.15, 0.2) is 11.4 Å². The first-order valence-electron chi connectivity index (χ1n) is 6.78. The van der Waals surface area contributed by atoms with E-state index in [1.54, 1.807) is 6.07 Å². The van der Waals surface area contributed by atoms with Crippen molar-refractivity contribution in [2.75, 3.05) is 26.7 Å². The van der Waals surface area contributed by atoms with E-state index in [4.69, 9.17) is 0 Å². The van der Waals surface area contributed by atoms with E-state index < -0.39 is 0 Å². The molecule has 0 aliphatic carbocycles.